The van der Waals surface area contributed by atoms with Gasteiger partial charge in [0.05, 0.1) is 43.8 Å². The van der Waals surface area contributed by atoms with Crippen LogP contribution in [-0.2, 0) is 21.3 Å². The zero-order valence-electron chi connectivity index (χ0n) is 12.9. The number of aryl methyl sites for hydroxylation is 1. The molecule has 0 spiro atoms. The summed E-state index contributed by atoms with van der Waals surface area (Å²) in [6.45, 7) is 3.42. The van der Waals surface area contributed by atoms with E-state index in [1.807, 2.05) is 14.0 Å². The largest absolute Gasteiger partial charge is 0.498 e. The molecule has 0 saturated carbocycles. The van der Waals surface area contributed by atoms with Crippen molar-refractivity contribution in [1.29, 1.82) is 0 Å². The van der Waals surface area contributed by atoms with Crippen molar-refractivity contribution in [3.63, 3.8) is 0 Å². The number of hydrogen-bond donors (Lipinski definition) is 1. The minimum atomic E-state index is -0.210. The van der Waals surface area contributed by atoms with Gasteiger partial charge in [-0.3, -0.25) is 9.48 Å². The molecule has 0 radical (unpaired) electrons. The van der Waals surface area contributed by atoms with Crippen molar-refractivity contribution < 1.29 is 19.0 Å². The average molecular weight is 307 g/mol. The number of carbonyl (C=O) groups is 1. The van der Waals surface area contributed by atoms with Gasteiger partial charge < -0.3 is 19.5 Å². The highest BCUT2D eigenvalue weighted by Gasteiger charge is 2.33. The van der Waals surface area contributed by atoms with Gasteiger partial charge in [0, 0.05) is 7.05 Å². The van der Waals surface area contributed by atoms with Crippen LogP contribution in [-0.4, -0.2) is 47.7 Å². The Kier molecular flexibility index (Phi) is 4.33. The summed E-state index contributed by atoms with van der Waals surface area (Å²) in [5, 5.41) is 7.07. The van der Waals surface area contributed by atoms with Crippen LogP contribution in [0.4, 0.5) is 0 Å². The highest BCUT2D eigenvalue weighted by atomic mass is 16.5. The molecule has 2 atom stereocenters. The van der Waals surface area contributed by atoms with Crippen LogP contribution in [0, 0.1) is 0 Å². The van der Waals surface area contributed by atoms with Crippen molar-refractivity contribution in [2.45, 2.75) is 31.9 Å². The molecule has 7 nitrogen and oxygen atoms in total. The monoisotopic (exact) mass is 307 g/mol. The van der Waals surface area contributed by atoms with Crippen molar-refractivity contribution in [3.05, 3.63) is 23.7 Å². The molecule has 7 heteroatoms. The minimum Gasteiger partial charge on any atom is -0.498 e. The van der Waals surface area contributed by atoms with Gasteiger partial charge in [-0.2, -0.15) is 5.10 Å². The number of ether oxygens (including phenoxy) is 3. The lowest BCUT2D eigenvalue weighted by Gasteiger charge is -2.23. The van der Waals surface area contributed by atoms with E-state index in [0.29, 0.717) is 31.3 Å². The highest BCUT2D eigenvalue weighted by Crippen LogP contribution is 2.20. The fraction of sp³-hybridized carbons (Fsp3) is 0.600. The Hall–Kier alpha value is -2.02. The van der Waals surface area contributed by atoms with Crippen LogP contribution in [0.25, 0.3) is 0 Å². The predicted octanol–water partition coefficient (Wildman–Crippen LogP) is 0.767. The van der Waals surface area contributed by atoms with Gasteiger partial charge >= 0.3 is 0 Å². The molecular formula is C15H21N3O4. The molecule has 0 unspecified atom stereocenters. The molecular weight excluding hydrogens is 286 g/mol. The molecule has 1 aromatic heterocycles. The summed E-state index contributed by atoms with van der Waals surface area (Å²) < 4.78 is 18.4. The molecule has 0 bridgehead atoms. The third-order valence-corrected chi connectivity index (χ3v) is 3.90. The second-order valence-corrected chi connectivity index (χ2v) is 5.61. The maximum atomic E-state index is 12.4. The first kappa shape index (κ1) is 14.9. The number of carbonyl (C=O) groups excluding carboxylic acids is 1. The lowest BCUT2D eigenvalue weighted by atomic mass is 10.1. The number of nitrogens with one attached hydrogen (secondary N) is 1. The first-order valence-electron chi connectivity index (χ1n) is 7.50. The average Bonchev–Trinajstić information content (AvgIpc) is 3.09. The Morgan fingerprint density at radius 1 is 1.50 bits per heavy atom. The topological polar surface area (TPSA) is 74.6 Å². The molecule has 1 amide bonds. The molecule has 120 valence electrons. The van der Waals surface area contributed by atoms with Crippen molar-refractivity contribution in [2.75, 3.05) is 19.8 Å². The van der Waals surface area contributed by atoms with Gasteiger partial charge in [-0.25, -0.2) is 0 Å². The predicted molar refractivity (Wildman–Crippen MR) is 78.3 cm³/mol. The third kappa shape index (κ3) is 3.24. The molecule has 1 N–H and O–H groups in total. The van der Waals surface area contributed by atoms with Crippen LogP contribution in [0.3, 0.4) is 0 Å². The molecule has 0 aromatic carbocycles. The van der Waals surface area contributed by atoms with Crippen LogP contribution in [0.1, 0.15) is 19.8 Å². The lowest BCUT2D eigenvalue weighted by molar-refractivity contribution is -0.119. The molecule has 22 heavy (non-hydrogen) atoms. The summed E-state index contributed by atoms with van der Waals surface area (Å²) in [6.07, 6.45) is 4.85. The number of allylic oxidation sites excluding steroid dienone is 1. The van der Waals surface area contributed by atoms with Gasteiger partial charge in [-0.1, -0.05) is 0 Å². The number of nitrogens with zero attached hydrogens (tertiary/aromatic N) is 2. The number of rotatable bonds is 4. The van der Waals surface area contributed by atoms with E-state index in [1.54, 1.807) is 17.1 Å². The van der Waals surface area contributed by atoms with E-state index in [9.17, 15) is 4.79 Å². The van der Waals surface area contributed by atoms with E-state index in [0.717, 1.165) is 18.4 Å². The summed E-state index contributed by atoms with van der Waals surface area (Å²) in [5.41, 5.74) is 0.721. The summed E-state index contributed by atoms with van der Waals surface area (Å²) in [7, 11) is 1.83. The van der Waals surface area contributed by atoms with Gasteiger partial charge in [0.2, 0.25) is 0 Å². The van der Waals surface area contributed by atoms with Crippen LogP contribution in [0.5, 0.6) is 5.75 Å². The van der Waals surface area contributed by atoms with E-state index in [1.165, 1.54) is 0 Å². The normalized spacial score (nSPS) is 25.0. The molecule has 2 aliphatic rings. The Bertz CT molecular complexity index is 581. The molecule has 1 fully saturated rings. The second-order valence-electron chi connectivity index (χ2n) is 5.61. The third-order valence-electron chi connectivity index (χ3n) is 3.90. The van der Waals surface area contributed by atoms with Crippen molar-refractivity contribution >= 4 is 5.91 Å². The van der Waals surface area contributed by atoms with Crippen LogP contribution < -0.4 is 10.1 Å². The Morgan fingerprint density at radius 3 is 3.09 bits per heavy atom. The van der Waals surface area contributed by atoms with Crippen LogP contribution in [0.2, 0.25) is 0 Å². The molecule has 0 aliphatic carbocycles. The highest BCUT2D eigenvalue weighted by molar-refractivity contribution is 5.94. The summed E-state index contributed by atoms with van der Waals surface area (Å²) >= 11 is 0. The number of aromatic nitrogens is 2. The SMILES string of the molecule is CC1=C(C(=O)N[C@H]2COC[C@H]2Oc2cnn(C)c2)CCCO1. The zero-order valence-corrected chi connectivity index (χ0v) is 12.9. The van der Waals surface area contributed by atoms with Crippen molar-refractivity contribution in [1.82, 2.24) is 15.1 Å². The Labute approximate surface area is 129 Å². The Balaban J connectivity index is 1.62. The maximum Gasteiger partial charge on any atom is 0.251 e. The summed E-state index contributed by atoms with van der Waals surface area (Å²) in [5.74, 6) is 1.30. The van der Waals surface area contributed by atoms with Crippen molar-refractivity contribution in [3.8, 4) is 5.75 Å². The van der Waals surface area contributed by atoms with E-state index in [4.69, 9.17) is 14.2 Å². The van der Waals surface area contributed by atoms with Crippen LogP contribution in [0.15, 0.2) is 23.7 Å². The second kappa shape index (κ2) is 6.39. The Morgan fingerprint density at radius 2 is 2.36 bits per heavy atom. The van der Waals surface area contributed by atoms with Gasteiger partial charge in [-0.15, -0.1) is 0 Å². The smallest absolute Gasteiger partial charge is 0.251 e. The van der Waals surface area contributed by atoms with Gasteiger partial charge in [-0.05, 0) is 19.8 Å². The molecule has 1 aromatic rings. The maximum absolute atomic E-state index is 12.4. The number of amides is 1. The van der Waals surface area contributed by atoms with E-state index in [2.05, 4.69) is 10.4 Å². The molecule has 3 rings (SSSR count). The standard InChI is InChI=1S/C15H21N3O4/c1-10-12(4-3-5-21-10)15(19)17-13-8-20-9-14(13)22-11-6-16-18(2)7-11/h6-7,13-14H,3-5,8-9H2,1-2H3,(H,17,19)/t13-,14+/m0/s1. The fourth-order valence-corrected chi connectivity index (χ4v) is 2.69. The lowest BCUT2D eigenvalue weighted by Crippen LogP contribution is -2.46. The van der Waals surface area contributed by atoms with E-state index >= 15 is 0 Å². The zero-order chi connectivity index (χ0) is 15.5. The quantitative estimate of drug-likeness (QED) is 0.889. The van der Waals surface area contributed by atoms with Crippen LogP contribution >= 0.6 is 0 Å². The minimum absolute atomic E-state index is 0.0903. The summed E-state index contributed by atoms with van der Waals surface area (Å²) in [6, 6.07) is -0.171. The molecule has 1 saturated heterocycles. The first-order chi connectivity index (χ1) is 10.6. The molecule has 3 heterocycles. The van der Waals surface area contributed by atoms with E-state index in [-0.39, 0.29) is 18.1 Å². The van der Waals surface area contributed by atoms with E-state index < -0.39 is 0 Å². The van der Waals surface area contributed by atoms with Gasteiger partial charge in [0.25, 0.3) is 5.91 Å². The summed E-state index contributed by atoms with van der Waals surface area (Å²) in [4.78, 5) is 12.4. The first-order valence-corrected chi connectivity index (χ1v) is 7.50. The molecule has 2 aliphatic heterocycles. The number of hydrogen-bond acceptors (Lipinski definition) is 5. The van der Waals surface area contributed by atoms with Gasteiger partial charge in [0.1, 0.15) is 11.9 Å². The van der Waals surface area contributed by atoms with Crippen molar-refractivity contribution in [2.24, 2.45) is 7.05 Å². The fourth-order valence-electron chi connectivity index (χ4n) is 2.69. The van der Waals surface area contributed by atoms with Gasteiger partial charge in [0.15, 0.2) is 5.75 Å².